The van der Waals surface area contributed by atoms with E-state index >= 15 is 0 Å². The lowest BCUT2D eigenvalue weighted by Crippen LogP contribution is -2.60. The summed E-state index contributed by atoms with van der Waals surface area (Å²) in [6.45, 7) is 20.1. The molecule has 0 radical (unpaired) electrons. The van der Waals surface area contributed by atoms with Gasteiger partial charge in [0.2, 0.25) is 0 Å². The van der Waals surface area contributed by atoms with Crippen molar-refractivity contribution in [3.63, 3.8) is 0 Å². The number of fused-ring (bicyclic) bond motifs is 3. The maximum Gasteiger partial charge on any atom is 0.303 e. The van der Waals surface area contributed by atoms with Crippen molar-refractivity contribution < 1.29 is 19.7 Å². The maximum absolute atomic E-state index is 11.6. The summed E-state index contributed by atoms with van der Waals surface area (Å²) in [6, 6.07) is 0. The van der Waals surface area contributed by atoms with Gasteiger partial charge in [-0.25, -0.2) is 0 Å². The fourth-order valence-corrected chi connectivity index (χ4v) is 10.0. The van der Waals surface area contributed by atoms with Crippen LogP contribution in [0.3, 0.4) is 0 Å². The molecule has 3 saturated carbocycles. The predicted octanol–water partition coefficient (Wildman–Crippen LogP) is 7.00. The van der Waals surface area contributed by atoms with E-state index in [1.165, 1.54) is 37.7 Å². The summed E-state index contributed by atoms with van der Waals surface area (Å²) < 4.78 is 6.69. The van der Waals surface area contributed by atoms with E-state index in [1.54, 1.807) is 0 Å². The summed E-state index contributed by atoms with van der Waals surface area (Å²) in [6.07, 6.45) is 10.0. The number of aliphatic hydroxyl groups is 1. The molecule has 4 nitrogen and oxygen atoms in total. The van der Waals surface area contributed by atoms with Crippen LogP contribution in [0.5, 0.6) is 0 Å². The van der Waals surface area contributed by atoms with E-state index < -0.39 is 11.6 Å². The van der Waals surface area contributed by atoms with Crippen molar-refractivity contribution in [2.75, 3.05) is 0 Å². The molecule has 4 aliphatic rings. The number of hydrogen-bond donors (Lipinski definition) is 2. The van der Waals surface area contributed by atoms with E-state index in [1.807, 2.05) is 13.8 Å². The molecule has 1 aliphatic heterocycles. The molecule has 0 aromatic rings. The highest BCUT2D eigenvalue weighted by atomic mass is 16.5. The van der Waals surface area contributed by atoms with Gasteiger partial charge < -0.3 is 14.9 Å². The third-order valence-electron chi connectivity index (χ3n) is 12.0. The van der Waals surface area contributed by atoms with Crippen molar-refractivity contribution >= 4 is 5.97 Å². The molecule has 0 spiro atoms. The summed E-state index contributed by atoms with van der Waals surface area (Å²) in [4.78, 5) is 11.6. The van der Waals surface area contributed by atoms with Gasteiger partial charge in [-0.3, -0.25) is 4.79 Å². The van der Waals surface area contributed by atoms with Crippen LogP contribution < -0.4 is 0 Å². The van der Waals surface area contributed by atoms with E-state index in [9.17, 15) is 15.0 Å². The first kappa shape index (κ1) is 26.2. The lowest BCUT2D eigenvalue weighted by atomic mass is 9.38. The molecule has 1 saturated heterocycles. The van der Waals surface area contributed by atoms with Gasteiger partial charge in [0.1, 0.15) is 0 Å². The van der Waals surface area contributed by atoms with Gasteiger partial charge in [-0.05, 0) is 125 Å². The van der Waals surface area contributed by atoms with Gasteiger partial charge in [0.25, 0.3) is 0 Å². The van der Waals surface area contributed by atoms with Crippen molar-refractivity contribution in [3.05, 3.63) is 12.2 Å². The second-order valence-corrected chi connectivity index (χ2v) is 14.2. The Morgan fingerprint density at radius 2 is 1.62 bits per heavy atom. The van der Waals surface area contributed by atoms with Gasteiger partial charge in [0, 0.05) is 6.42 Å². The highest BCUT2D eigenvalue weighted by Gasteiger charge is 2.68. The molecular formula is C30H50O4. The summed E-state index contributed by atoms with van der Waals surface area (Å²) in [5.74, 6) is 1.42. The van der Waals surface area contributed by atoms with E-state index in [4.69, 9.17) is 4.74 Å². The molecule has 4 heteroatoms. The fourth-order valence-electron chi connectivity index (χ4n) is 10.0. The van der Waals surface area contributed by atoms with Crippen LogP contribution in [0, 0.1) is 39.9 Å². The molecule has 0 aromatic heterocycles. The quantitative estimate of drug-likeness (QED) is 0.407. The number of ether oxygens (including phenoxy) is 1. The molecule has 3 aliphatic carbocycles. The van der Waals surface area contributed by atoms with Crippen LogP contribution in [-0.2, 0) is 9.53 Å². The Morgan fingerprint density at radius 1 is 0.971 bits per heavy atom. The molecule has 0 unspecified atom stereocenters. The van der Waals surface area contributed by atoms with Crippen molar-refractivity contribution in [2.24, 2.45) is 39.9 Å². The van der Waals surface area contributed by atoms with E-state index in [0.29, 0.717) is 23.7 Å². The largest absolute Gasteiger partial charge is 0.481 e. The van der Waals surface area contributed by atoms with E-state index in [0.717, 1.165) is 25.7 Å². The van der Waals surface area contributed by atoms with Crippen molar-refractivity contribution in [1.29, 1.82) is 0 Å². The minimum atomic E-state index is -0.795. The summed E-state index contributed by atoms with van der Waals surface area (Å²) in [7, 11) is 0. The first-order valence-electron chi connectivity index (χ1n) is 13.9. The summed E-state index contributed by atoms with van der Waals surface area (Å²) >= 11 is 0. The fraction of sp³-hybridized carbons (Fsp3) is 0.900. The minimum absolute atomic E-state index is 0.0109. The summed E-state index contributed by atoms with van der Waals surface area (Å²) in [5, 5.41) is 20.2. The predicted molar refractivity (Wildman–Crippen MR) is 136 cm³/mol. The van der Waals surface area contributed by atoms with Crippen LogP contribution in [-0.4, -0.2) is 33.5 Å². The number of aliphatic carboxylic acids is 1. The first-order valence-corrected chi connectivity index (χ1v) is 13.9. The molecule has 0 bridgehead atoms. The number of carboxylic acid groups (broad SMARTS) is 1. The molecule has 4 rings (SSSR count). The molecule has 0 aromatic carbocycles. The van der Waals surface area contributed by atoms with Gasteiger partial charge in [-0.15, -0.1) is 0 Å². The van der Waals surface area contributed by atoms with Crippen molar-refractivity contribution in [2.45, 2.75) is 130 Å². The van der Waals surface area contributed by atoms with Crippen LogP contribution in [0.2, 0.25) is 0 Å². The van der Waals surface area contributed by atoms with Gasteiger partial charge in [0.15, 0.2) is 0 Å². The van der Waals surface area contributed by atoms with Crippen LogP contribution in [0.25, 0.3) is 0 Å². The topological polar surface area (TPSA) is 66.8 Å². The average Bonchev–Trinajstić information content (AvgIpc) is 3.29. The zero-order valence-corrected chi connectivity index (χ0v) is 22.9. The van der Waals surface area contributed by atoms with Gasteiger partial charge >= 0.3 is 5.97 Å². The van der Waals surface area contributed by atoms with Crippen molar-refractivity contribution in [1.82, 2.24) is 0 Å². The van der Waals surface area contributed by atoms with Crippen LogP contribution in [0.1, 0.15) is 113 Å². The molecule has 4 fully saturated rings. The highest BCUT2D eigenvalue weighted by Crippen LogP contribution is 2.74. The zero-order chi connectivity index (χ0) is 25.3. The third kappa shape index (κ3) is 3.81. The minimum Gasteiger partial charge on any atom is -0.481 e. The summed E-state index contributed by atoms with van der Waals surface area (Å²) in [5.41, 5.74) is 0.714. The number of hydrogen-bond acceptors (Lipinski definition) is 3. The van der Waals surface area contributed by atoms with Crippen LogP contribution in [0.15, 0.2) is 12.2 Å². The van der Waals surface area contributed by atoms with Gasteiger partial charge in [-0.2, -0.15) is 0 Å². The molecule has 9 atom stereocenters. The second kappa shape index (κ2) is 8.33. The second-order valence-electron chi connectivity index (χ2n) is 14.2. The van der Waals surface area contributed by atoms with Gasteiger partial charge in [-0.1, -0.05) is 32.9 Å². The molecule has 2 N–H and O–H groups in total. The Labute approximate surface area is 207 Å². The number of rotatable bonds is 6. The molecule has 34 heavy (non-hydrogen) atoms. The Kier molecular flexibility index (Phi) is 6.42. The van der Waals surface area contributed by atoms with Crippen LogP contribution in [0.4, 0.5) is 0 Å². The Morgan fingerprint density at radius 3 is 2.18 bits per heavy atom. The van der Waals surface area contributed by atoms with E-state index in [-0.39, 0.29) is 34.4 Å². The number of carbonyl (C=O) groups is 1. The first-order chi connectivity index (χ1) is 15.6. The molecule has 194 valence electrons. The number of carboxylic acids is 1. The van der Waals surface area contributed by atoms with Crippen molar-refractivity contribution in [3.8, 4) is 0 Å². The molecule has 0 amide bonds. The lowest BCUT2D eigenvalue weighted by molar-refractivity contribution is -0.187. The molecular weight excluding hydrogens is 424 g/mol. The average molecular weight is 475 g/mol. The Balaban J connectivity index is 1.64. The zero-order valence-electron chi connectivity index (χ0n) is 22.9. The lowest BCUT2D eigenvalue weighted by Gasteiger charge is -2.66. The third-order valence-corrected chi connectivity index (χ3v) is 12.0. The van der Waals surface area contributed by atoms with E-state index in [2.05, 4.69) is 41.2 Å². The SMILES string of the molecule is C=C(C)[C@@H]1CC[C@]2(C)[C@H](CC[C@@H]3[C@@H]([C@]4(C)CC[C@H](C(C)(C)O)O4)CC[C@]32C)[C@]1(C)CCC(=O)O. The number of allylic oxidation sites excluding steroid dienone is 1. The highest BCUT2D eigenvalue weighted by molar-refractivity contribution is 5.66. The normalized spacial score (nSPS) is 48.9. The van der Waals surface area contributed by atoms with Gasteiger partial charge in [0.05, 0.1) is 17.3 Å². The Bertz CT molecular complexity index is 828. The van der Waals surface area contributed by atoms with Crippen LogP contribution >= 0.6 is 0 Å². The Hall–Kier alpha value is -0.870. The maximum atomic E-state index is 11.6. The smallest absolute Gasteiger partial charge is 0.303 e. The molecule has 1 heterocycles. The monoisotopic (exact) mass is 474 g/mol. The standard InChI is InChI=1S/C30H50O4/c1-19(2)20-11-17-29(7)23(27(20,5)15-14-25(31)32)10-9-21-22(12-16-28(21,29)6)30(8)18-13-24(34-30)26(3,4)33/h20-24,33H,1,9-18H2,2-8H3,(H,31,32)/t20-,21+,22-,23+,24+,27+,28+,29+,30-/m0/s1.